The highest BCUT2D eigenvalue weighted by Crippen LogP contribution is 2.40. The third-order valence-electron chi connectivity index (χ3n) is 5.08. The summed E-state index contributed by atoms with van der Waals surface area (Å²) < 4.78 is 33.1. The first-order chi connectivity index (χ1) is 12.0. The lowest BCUT2D eigenvalue weighted by Gasteiger charge is -2.42. The summed E-state index contributed by atoms with van der Waals surface area (Å²) >= 11 is 5.96. The number of halogens is 1. The number of fused-ring (bicyclic) bond motifs is 2. The maximum absolute atomic E-state index is 12.8. The molecule has 1 aromatic heterocycles. The van der Waals surface area contributed by atoms with E-state index in [4.69, 9.17) is 16.3 Å². The Bertz CT molecular complexity index is 873. The summed E-state index contributed by atoms with van der Waals surface area (Å²) in [5, 5.41) is 7.74. The van der Waals surface area contributed by atoms with Gasteiger partial charge in [-0.2, -0.15) is 5.10 Å². The number of benzene rings is 1. The van der Waals surface area contributed by atoms with E-state index in [-0.39, 0.29) is 5.75 Å². The first kappa shape index (κ1) is 17.0. The number of ether oxygens (including phenoxy) is 1. The molecule has 1 saturated heterocycles. The third-order valence-corrected chi connectivity index (χ3v) is 7.17. The van der Waals surface area contributed by atoms with Crippen LogP contribution in [0.25, 0.3) is 0 Å². The van der Waals surface area contributed by atoms with E-state index < -0.39 is 15.6 Å². The van der Waals surface area contributed by atoms with Gasteiger partial charge in [0.15, 0.2) is 0 Å². The van der Waals surface area contributed by atoms with E-state index in [9.17, 15) is 8.42 Å². The number of piperidine rings is 1. The minimum absolute atomic E-state index is 0.0310. The van der Waals surface area contributed by atoms with Crippen LogP contribution in [0, 0.1) is 0 Å². The van der Waals surface area contributed by atoms with Crippen LogP contribution < -0.4 is 0 Å². The number of nitrogens with one attached hydrogen (secondary N) is 1. The lowest BCUT2D eigenvalue weighted by atomic mass is 9.84. The third kappa shape index (κ3) is 3.21. The van der Waals surface area contributed by atoms with Crippen molar-refractivity contribution < 1.29 is 13.2 Å². The van der Waals surface area contributed by atoms with E-state index in [0.717, 1.165) is 12.1 Å². The molecule has 134 valence electrons. The number of H-pyrrole nitrogens is 1. The minimum Gasteiger partial charge on any atom is -0.368 e. The van der Waals surface area contributed by atoms with E-state index in [2.05, 4.69) is 10.2 Å². The molecule has 0 saturated carbocycles. The van der Waals surface area contributed by atoms with Crippen molar-refractivity contribution in [2.75, 3.05) is 19.7 Å². The fraction of sp³-hybridized carbons (Fsp3) is 0.471. The zero-order valence-electron chi connectivity index (χ0n) is 13.7. The van der Waals surface area contributed by atoms with Gasteiger partial charge in [0.2, 0.25) is 10.0 Å². The molecule has 0 aliphatic carbocycles. The molecule has 0 unspecified atom stereocenters. The van der Waals surface area contributed by atoms with Crippen molar-refractivity contribution in [1.82, 2.24) is 14.5 Å². The normalized spacial score (nSPS) is 20.5. The van der Waals surface area contributed by atoms with Gasteiger partial charge in [0.05, 0.1) is 24.3 Å². The number of aromatic amines is 1. The van der Waals surface area contributed by atoms with Crippen LogP contribution in [0.1, 0.15) is 29.7 Å². The van der Waals surface area contributed by atoms with Crippen LogP contribution in [-0.2, 0) is 32.5 Å². The Balaban J connectivity index is 1.49. The van der Waals surface area contributed by atoms with Crippen molar-refractivity contribution in [3.63, 3.8) is 0 Å². The molecule has 1 aromatic carbocycles. The second-order valence-corrected chi connectivity index (χ2v) is 9.05. The van der Waals surface area contributed by atoms with Crippen molar-refractivity contribution in [3.8, 4) is 0 Å². The Morgan fingerprint density at radius 3 is 2.88 bits per heavy atom. The molecule has 25 heavy (non-hydrogen) atoms. The van der Waals surface area contributed by atoms with Gasteiger partial charge in [-0.3, -0.25) is 5.10 Å². The highest BCUT2D eigenvalue weighted by atomic mass is 35.5. The predicted molar refractivity (Wildman–Crippen MR) is 94.8 cm³/mol. The van der Waals surface area contributed by atoms with Crippen molar-refractivity contribution in [3.05, 3.63) is 52.3 Å². The van der Waals surface area contributed by atoms with Crippen LogP contribution in [0.2, 0.25) is 5.02 Å². The lowest BCUT2D eigenvalue weighted by molar-refractivity contribution is -0.0920. The van der Waals surface area contributed by atoms with Gasteiger partial charge in [0.25, 0.3) is 0 Å². The van der Waals surface area contributed by atoms with Crippen LogP contribution in [0.3, 0.4) is 0 Å². The summed E-state index contributed by atoms with van der Waals surface area (Å²) in [4.78, 5) is 0. The van der Waals surface area contributed by atoms with Gasteiger partial charge >= 0.3 is 0 Å². The molecular weight excluding hydrogens is 362 g/mol. The number of hydrogen-bond donors (Lipinski definition) is 1. The van der Waals surface area contributed by atoms with Crippen LogP contribution in [0.5, 0.6) is 0 Å². The summed E-state index contributed by atoms with van der Waals surface area (Å²) in [5.41, 5.74) is 2.48. The van der Waals surface area contributed by atoms with Crippen LogP contribution in [-0.4, -0.2) is 42.6 Å². The molecule has 8 heteroatoms. The van der Waals surface area contributed by atoms with E-state index in [1.54, 1.807) is 28.6 Å². The predicted octanol–water partition coefficient (Wildman–Crippen LogP) is 2.46. The molecule has 2 aliphatic heterocycles. The number of rotatable bonds is 3. The minimum atomic E-state index is -3.38. The number of aromatic nitrogens is 2. The summed E-state index contributed by atoms with van der Waals surface area (Å²) in [6, 6.07) is 7.00. The highest BCUT2D eigenvalue weighted by Gasteiger charge is 2.44. The molecule has 6 nitrogen and oxygen atoms in total. The maximum Gasteiger partial charge on any atom is 0.218 e. The van der Waals surface area contributed by atoms with Gasteiger partial charge < -0.3 is 4.74 Å². The van der Waals surface area contributed by atoms with E-state index in [1.165, 1.54) is 5.56 Å². The van der Waals surface area contributed by atoms with Crippen molar-refractivity contribution in [1.29, 1.82) is 0 Å². The SMILES string of the molecule is O=S(=O)(Cc1cccc(Cl)c1)N1CCC2(CC1)OCCc1cn[nH]c12. The second-order valence-electron chi connectivity index (χ2n) is 6.65. The Labute approximate surface area is 152 Å². The zero-order chi connectivity index (χ0) is 17.5. The molecule has 0 radical (unpaired) electrons. The van der Waals surface area contributed by atoms with Crippen LogP contribution in [0.4, 0.5) is 0 Å². The molecule has 2 aliphatic rings. The monoisotopic (exact) mass is 381 g/mol. The van der Waals surface area contributed by atoms with Gasteiger partial charge in [-0.1, -0.05) is 23.7 Å². The Hall–Kier alpha value is -1.41. The topological polar surface area (TPSA) is 75.3 Å². The summed E-state index contributed by atoms with van der Waals surface area (Å²) in [7, 11) is -3.38. The number of hydrogen-bond acceptors (Lipinski definition) is 4. The average Bonchev–Trinajstić information content (AvgIpc) is 3.05. The van der Waals surface area contributed by atoms with Crippen molar-refractivity contribution in [2.24, 2.45) is 0 Å². The largest absolute Gasteiger partial charge is 0.368 e. The first-order valence-corrected chi connectivity index (χ1v) is 10.4. The fourth-order valence-electron chi connectivity index (χ4n) is 3.77. The molecular formula is C17H20ClN3O3S. The van der Waals surface area contributed by atoms with Gasteiger partial charge in [0.1, 0.15) is 5.60 Å². The van der Waals surface area contributed by atoms with Gasteiger partial charge in [-0.05, 0) is 42.5 Å². The van der Waals surface area contributed by atoms with E-state index in [1.807, 2.05) is 6.20 Å². The Morgan fingerprint density at radius 2 is 2.12 bits per heavy atom. The van der Waals surface area contributed by atoms with Gasteiger partial charge in [0, 0.05) is 18.1 Å². The molecule has 2 aromatic rings. The first-order valence-electron chi connectivity index (χ1n) is 8.37. The number of sulfonamides is 1. The fourth-order valence-corrected chi connectivity index (χ4v) is 5.51. The summed E-state index contributed by atoms with van der Waals surface area (Å²) in [6.45, 7) is 1.55. The molecule has 0 bridgehead atoms. The quantitative estimate of drug-likeness (QED) is 0.886. The van der Waals surface area contributed by atoms with Crippen LogP contribution >= 0.6 is 11.6 Å². The van der Waals surface area contributed by atoms with E-state index in [0.29, 0.717) is 43.1 Å². The average molecular weight is 382 g/mol. The molecule has 1 N–H and O–H groups in total. The second kappa shape index (κ2) is 6.39. The van der Waals surface area contributed by atoms with Crippen molar-refractivity contribution >= 4 is 21.6 Å². The van der Waals surface area contributed by atoms with E-state index >= 15 is 0 Å². The molecule has 0 atom stereocenters. The molecule has 1 fully saturated rings. The highest BCUT2D eigenvalue weighted by molar-refractivity contribution is 7.88. The molecule has 3 heterocycles. The number of nitrogens with zero attached hydrogens (tertiary/aromatic N) is 2. The lowest BCUT2D eigenvalue weighted by Crippen LogP contribution is -2.48. The molecule has 0 amide bonds. The molecule has 1 spiro atoms. The Morgan fingerprint density at radius 1 is 1.32 bits per heavy atom. The maximum atomic E-state index is 12.8. The molecule has 4 rings (SSSR count). The summed E-state index contributed by atoms with van der Waals surface area (Å²) in [5.74, 6) is -0.0310. The Kier molecular flexibility index (Phi) is 4.35. The van der Waals surface area contributed by atoms with Crippen molar-refractivity contribution in [2.45, 2.75) is 30.6 Å². The summed E-state index contributed by atoms with van der Waals surface area (Å²) in [6.07, 6.45) is 3.97. The zero-order valence-corrected chi connectivity index (χ0v) is 15.3. The van der Waals surface area contributed by atoms with Gasteiger partial charge in [-0.15, -0.1) is 0 Å². The smallest absolute Gasteiger partial charge is 0.218 e. The van der Waals surface area contributed by atoms with Crippen LogP contribution in [0.15, 0.2) is 30.5 Å². The van der Waals surface area contributed by atoms with Gasteiger partial charge in [-0.25, -0.2) is 12.7 Å². The standard InChI is InChI=1S/C17H20ClN3O3S/c18-15-3-1-2-13(10-15)12-25(22,23)21-7-5-17(6-8-21)16-14(4-9-24-17)11-19-20-16/h1-3,10-11H,4-9,12H2,(H,19,20).